The van der Waals surface area contributed by atoms with Crippen LogP contribution in [0.1, 0.15) is 24.3 Å². The van der Waals surface area contributed by atoms with Crippen molar-refractivity contribution in [1.29, 1.82) is 0 Å². The monoisotopic (exact) mass is 264 g/mol. The van der Waals surface area contributed by atoms with E-state index >= 15 is 0 Å². The van der Waals surface area contributed by atoms with Gasteiger partial charge in [-0.15, -0.1) is 0 Å². The van der Waals surface area contributed by atoms with E-state index in [0.29, 0.717) is 24.9 Å². The average molecular weight is 264 g/mol. The largest absolute Gasteiger partial charge is 0.383 e. The number of aromatic nitrogens is 3. The lowest BCUT2D eigenvalue weighted by atomic mass is 10.4. The van der Waals surface area contributed by atoms with Crippen molar-refractivity contribution < 1.29 is 9.26 Å². The molecule has 6 nitrogen and oxygen atoms in total. The van der Waals surface area contributed by atoms with Gasteiger partial charge in [-0.25, -0.2) is 0 Å². The molecule has 0 fully saturated rings. The minimum atomic E-state index is 0.637. The van der Waals surface area contributed by atoms with Gasteiger partial charge in [0, 0.05) is 38.5 Å². The van der Waals surface area contributed by atoms with E-state index in [2.05, 4.69) is 26.1 Å². The zero-order valence-electron chi connectivity index (χ0n) is 11.4. The van der Waals surface area contributed by atoms with Crippen LogP contribution >= 0.6 is 0 Å². The number of rotatable bonds is 8. The summed E-state index contributed by atoms with van der Waals surface area (Å²) in [5.74, 6) is 1.40. The van der Waals surface area contributed by atoms with Gasteiger partial charge in [-0.1, -0.05) is 12.1 Å². The van der Waals surface area contributed by atoms with Crippen molar-refractivity contribution in [3.05, 3.63) is 35.7 Å². The summed E-state index contributed by atoms with van der Waals surface area (Å²) in [5.41, 5.74) is 1.19. The van der Waals surface area contributed by atoms with Gasteiger partial charge in [-0.3, -0.25) is 0 Å². The lowest BCUT2D eigenvalue weighted by Crippen LogP contribution is -2.20. The topological polar surface area (TPSA) is 65.1 Å². The summed E-state index contributed by atoms with van der Waals surface area (Å²) in [6.07, 6.45) is 2.79. The van der Waals surface area contributed by atoms with Crippen LogP contribution in [0.5, 0.6) is 0 Å². The Bertz CT molecular complexity index is 492. The molecule has 0 saturated carbocycles. The molecule has 0 spiro atoms. The highest BCUT2D eigenvalue weighted by Crippen LogP contribution is 2.06. The average Bonchev–Trinajstić information content (AvgIpc) is 3.05. The van der Waals surface area contributed by atoms with Gasteiger partial charge < -0.3 is 19.1 Å². The summed E-state index contributed by atoms with van der Waals surface area (Å²) in [6, 6.07) is 4.11. The van der Waals surface area contributed by atoms with E-state index < -0.39 is 0 Å². The molecule has 0 aliphatic heterocycles. The van der Waals surface area contributed by atoms with Gasteiger partial charge in [-0.2, -0.15) is 4.98 Å². The lowest BCUT2D eigenvalue weighted by molar-refractivity contribution is 0.199. The van der Waals surface area contributed by atoms with Crippen molar-refractivity contribution in [1.82, 2.24) is 20.0 Å². The molecule has 2 rings (SSSR count). The molecule has 0 atom stereocenters. The molecule has 2 aromatic heterocycles. The second-order valence-corrected chi connectivity index (χ2v) is 4.25. The molecule has 6 heteroatoms. The normalized spacial score (nSPS) is 11.1. The summed E-state index contributed by atoms with van der Waals surface area (Å²) in [4.78, 5) is 4.32. The molecule has 0 bridgehead atoms. The van der Waals surface area contributed by atoms with Gasteiger partial charge >= 0.3 is 0 Å². The van der Waals surface area contributed by atoms with Crippen LogP contribution in [0.15, 0.2) is 22.9 Å². The number of ether oxygens (including phenoxy) is 1. The van der Waals surface area contributed by atoms with E-state index in [9.17, 15) is 0 Å². The minimum absolute atomic E-state index is 0.637. The van der Waals surface area contributed by atoms with Crippen LogP contribution in [-0.2, 0) is 24.2 Å². The number of nitrogens with zero attached hydrogens (tertiary/aromatic N) is 3. The van der Waals surface area contributed by atoms with Gasteiger partial charge in [-0.05, 0) is 12.1 Å². The molecule has 0 aliphatic rings. The highest BCUT2D eigenvalue weighted by molar-refractivity contribution is 5.08. The van der Waals surface area contributed by atoms with Crippen molar-refractivity contribution in [3.8, 4) is 0 Å². The Labute approximate surface area is 112 Å². The zero-order chi connectivity index (χ0) is 13.5. The highest BCUT2D eigenvalue weighted by atomic mass is 16.5. The Morgan fingerprint density at radius 2 is 2.37 bits per heavy atom. The van der Waals surface area contributed by atoms with Crippen LogP contribution in [-0.4, -0.2) is 35.0 Å². The lowest BCUT2D eigenvalue weighted by Gasteiger charge is -2.08. The molecule has 2 aromatic rings. The molecule has 0 aliphatic carbocycles. The Balaban J connectivity index is 1.91. The molecule has 0 radical (unpaired) electrons. The van der Waals surface area contributed by atoms with Gasteiger partial charge in [0.15, 0.2) is 5.82 Å². The van der Waals surface area contributed by atoms with E-state index in [1.165, 1.54) is 5.69 Å². The first-order valence-corrected chi connectivity index (χ1v) is 6.48. The first-order valence-electron chi connectivity index (χ1n) is 6.48. The fourth-order valence-electron chi connectivity index (χ4n) is 1.81. The van der Waals surface area contributed by atoms with E-state index in [1.54, 1.807) is 7.11 Å². The third-order valence-electron chi connectivity index (χ3n) is 2.84. The first-order chi connectivity index (χ1) is 9.33. The third-order valence-corrected chi connectivity index (χ3v) is 2.84. The number of hydrogen-bond acceptors (Lipinski definition) is 5. The summed E-state index contributed by atoms with van der Waals surface area (Å²) in [6.45, 7) is 4.99. The maximum absolute atomic E-state index is 5.11. The SMILES string of the molecule is CCc1nc(Cn2cccc2CNCCOC)no1. The fraction of sp³-hybridized carbons (Fsp3) is 0.538. The highest BCUT2D eigenvalue weighted by Gasteiger charge is 2.07. The van der Waals surface area contributed by atoms with Crippen LogP contribution in [0.2, 0.25) is 0 Å². The summed E-state index contributed by atoms with van der Waals surface area (Å²) in [5, 5.41) is 7.29. The van der Waals surface area contributed by atoms with Crippen LogP contribution < -0.4 is 5.32 Å². The molecule has 1 N–H and O–H groups in total. The van der Waals surface area contributed by atoms with Gasteiger partial charge in [0.25, 0.3) is 0 Å². The molecule has 0 amide bonds. The quantitative estimate of drug-likeness (QED) is 0.726. The number of methoxy groups -OCH3 is 1. The van der Waals surface area contributed by atoms with Crippen LogP contribution in [0.4, 0.5) is 0 Å². The van der Waals surface area contributed by atoms with Crippen molar-refractivity contribution in [3.63, 3.8) is 0 Å². The smallest absolute Gasteiger partial charge is 0.226 e. The predicted molar refractivity (Wildman–Crippen MR) is 70.8 cm³/mol. The Hall–Kier alpha value is -1.66. The van der Waals surface area contributed by atoms with Crippen LogP contribution in [0.25, 0.3) is 0 Å². The van der Waals surface area contributed by atoms with Crippen molar-refractivity contribution in [2.24, 2.45) is 0 Å². The maximum Gasteiger partial charge on any atom is 0.226 e. The third kappa shape index (κ3) is 3.90. The standard InChI is InChI=1S/C13H20N4O2/c1-3-13-15-12(16-19-13)10-17-7-4-5-11(17)9-14-6-8-18-2/h4-5,7,14H,3,6,8-10H2,1-2H3. The molecule has 19 heavy (non-hydrogen) atoms. The second-order valence-electron chi connectivity index (χ2n) is 4.25. The maximum atomic E-state index is 5.11. The Morgan fingerprint density at radius 1 is 1.47 bits per heavy atom. The molecule has 104 valence electrons. The Kier molecular flexibility index (Phi) is 5.11. The molecule has 0 unspecified atom stereocenters. The van der Waals surface area contributed by atoms with Gasteiger partial charge in [0.05, 0.1) is 13.2 Å². The van der Waals surface area contributed by atoms with Gasteiger partial charge in [0.2, 0.25) is 5.89 Å². The minimum Gasteiger partial charge on any atom is -0.383 e. The predicted octanol–water partition coefficient (Wildman–Crippen LogP) is 1.22. The van der Waals surface area contributed by atoms with Crippen molar-refractivity contribution >= 4 is 0 Å². The van der Waals surface area contributed by atoms with E-state index in [1.807, 2.05) is 19.2 Å². The first kappa shape index (κ1) is 13.8. The fourth-order valence-corrected chi connectivity index (χ4v) is 1.81. The second kappa shape index (κ2) is 7.06. The van der Waals surface area contributed by atoms with Crippen molar-refractivity contribution in [2.45, 2.75) is 26.4 Å². The number of nitrogens with one attached hydrogen (secondary N) is 1. The van der Waals surface area contributed by atoms with E-state index in [4.69, 9.17) is 9.26 Å². The zero-order valence-corrected chi connectivity index (χ0v) is 11.4. The molecular weight excluding hydrogens is 244 g/mol. The van der Waals surface area contributed by atoms with Gasteiger partial charge in [0.1, 0.15) is 0 Å². The number of aryl methyl sites for hydroxylation is 1. The summed E-state index contributed by atoms with van der Waals surface area (Å²) in [7, 11) is 1.70. The van der Waals surface area contributed by atoms with Crippen molar-refractivity contribution in [2.75, 3.05) is 20.3 Å². The van der Waals surface area contributed by atoms with Crippen LogP contribution in [0, 0.1) is 0 Å². The molecule has 0 aromatic carbocycles. The number of hydrogen-bond donors (Lipinski definition) is 1. The Morgan fingerprint density at radius 3 is 3.11 bits per heavy atom. The summed E-state index contributed by atoms with van der Waals surface area (Å²) >= 11 is 0. The van der Waals surface area contributed by atoms with E-state index in [0.717, 1.165) is 19.5 Å². The molecule has 2 heterocycles. The molecular formula is C13H20N4O2. The summed E-state index contributed by atoms with van der Waals surface area (Å²) < 4.78 is 12.2. The molecule has 0 saturated heterocycles. The van der Waals surface area contributed by atoms with E-state index in [-0.39, 0.29) is 0 Å². The van der Waals surface area contributed by atoms with Crippen LogP contribution in [0.3, 0.4) is 0 Å².